The minimum atomic E-state index is 0.113. The lowest BCUT2D eigenvalue weighted by molar-refractivity contribution is 0.167. The second-order valence-electron chi connectivity index (χ2n) is 5.00. The molecule has 3 N–H and O–H groups in total. The minimum Gasteiger partial charge on any atom is -0.335 e. The van der Waals surface area contributed by atoms with Gasteiger partial charge in [0, 0.05) is 25.2 Å². The predicted molar refractivity (Wildman–Crippen MR) is 64.2 cm³/mol. The highest BCUT2D eigenvalue weighted by Crippen LogP contribution is 2.24. The Balaban J connectivity index is 1.85. The summed E-state index contributed by atoms with van der Waals surface area (Å²) < 4.78 is 0. The van der Waals surface area contributed by atoms with E-state index in [1.807, 2.05) is 4.90 Å². The van der Waals surface area contributed by atoms with Crippen LogP contribution in [-0.2, 0) is 0 Å². The van der Waals surface area contributed by atoms with Gasteiger partial charge in [0.25, 0.3) is 0 Å². The predicted octanol–water partition coefficient (Wildman–Crippen LogP) is 1.45. The summed E-state index contributed by atoms with van der Waals surface area (Å²) in [6.07, 6.45) is 8.35. The third-order valence-electron chi connectivity index (χ3n) is 3.83. The van der Waals surface area contributed by atoms with Crippen LogP contribution in [0.4, 0.5) is 4.79 Å². The van der Waals surface area contributed by atoms with Crippen molar-refractivity contribution in [1.82, 2.24) is 10.2 Å². The van der Waals surface area contributed by atoms with Crippen molar-refractivity contribution < 1.29 is 4.79 Å². The van der Waals surface area contributed by atoms with E-state index in [9.17, 15) is 4.79 Å². The van der Waals surface area contributed by atoms with Gasteiger partial charge in [0.15, 0.2) is 0 Å². The van der Waals surface area contributed by atoms with E-state index in [0.717, 1.165) is 25.7 Å². The Hall–Kier alpha value is -0.770. The number of nitrogens with one attached hydrogen (secondary N) is 1. The molecule has 2 aliphatic rings. The Morgan fingerprint density at radius 3 is 2.38 bits per heavy atom. The topological polar surface area (TPSA) is 58.4 Å². The first kappa shape index (κ1) is 11.7. The molecule has 2 fully saturated rings. The molecule has 0 aliphatic heterocycles. The van der Waals surface area contributed by atoms with Gasteiger partial charge in [0.1, 0.15) is 0 Å². The van der Waals surface area contributed by atoms with Gasteiger partial charge >= 0.3 is 6.03 Å². The molecule has 0 unspecified atom stereocenters. The quantitative estimate of drug-likeness (QED) is 0.761. The van der Waals surface area contributed by atoms with E-state index in [-0.39, 0.29) is 6.03 Å². The summed E-state index contributed by atoms with van der Waals surface area (Å²) in [4.78, 5) is 14.0. The van der Waals surface area contributed by atoms with Crippen molar-refractivity contribution >= 4 is 6.03 Å². The van der Waals surface area contributed by atoms with E-state index in [1.165, 1.54) is 19.3 Å². The van der Waals surface area contributed by atoms with E-state index in [1.54, 1.807) is 0 Å². The SMILES string of the molecule is NCCN(C(=O)NC1CCC1)C1CCCC1. The smallest absolute Gasteiger partial charge is 0.317 e. The molecule has 0 aromatic heterocycles. The third kappa shape index (κ3) is 2.67. The van der Waals surface area contributed by atoms with Gasteiger partial charge in [-0.25, -0.2) is 4.79 Å². The average molecular weight is 225 g/mol. The summed E-state index contributed by atoms with van der Waals surface area (Å²) >= 11 is 0. The average Bonchev–Trinajstić information content (AvgIpc) is 2.72. The molecule has 92 valence electrons. The zero-order valence-corrected chi connectivity index (χ0v) is 9.95. The molecule has 0 atom stereocenters. The second-order valence-corrected chi connectivity index (χ2v) is 5.00. The molecule has 0 spiro atoms. The van der Waals surface area contributed by atoms with Crippen molar-refractivity contribution in [3.05, 3.63) is 0 Å². The second kappa shape index (κ2) is 5.53. The number of amides is 2. The lowest BCUT2D eigenvalue weighted by atomic mass is 9.93. The summed E-state index contributed by atoms with van der Waals surface area (Å²) in [6, 6.07) is 0.972. The molecule has 2 rings (SSSR count). The molecule has 4 nitrogen and oxygen atoms in total. The Bertz CT molecular complexity index is 234. The molecule has 0 aromatic carbocycles. The third-order valence-corrected chi connectivity index (χ3v) is 3.83. The lowest BCUT2D eigenvalue weighted by Gasteiger charge is -2.33. The maximum atomic E-state index is 12.1. The van der Waals surface area contributed by atoms with Crippen LogP contribution in [0.2, 0.25) is 0 Å². The number of hydrogen-bond donors (Lipinski definition) is 2. The highest BCUT2D eigenvalue weighted by atomic mass is 16.2. The fourth-order valence-corrected chi connectivity index (χ4v) is 2.62. The number of carbonyl (C=O) groups is 1. The Kier molecular flexibility index (Phi) is 4.04. The number of rotatable bonds is 4. The molecule has 0 radical (unpaired) electrons. The van der Waals surface area contributed by atoms with Crippen molar-refractivity contribution in [2.75, 3.05) is 13.1 Å². The Morgan fingerprint density at radius 2 is 1.88 bits per heavy atom. The van der Waals surface area contributed by atoms with Crippen LogP contribution in [0.1, 0.15) is 44.9 Å². The van der Waals surface area contributed by atoms with Gasteiger partial charge in [-0.3, -0.25) is 0 Å². The van der Waals surface area contributed by atoms with Crippen LogP contribution in [0.15, 0.2) is 0 Å². The summed E-state index contributed by atoms with van der Waals surface area (Å²) in [5.41, 5.74) is 5.59. The molecule has 2 aliphatic carbocycles. The van der Waals surface area contributed by atoms with Gasteiger partial charge in [-0.15, -0.1) is 0 Å². The van der Waals surface area contributed by atoms with E-state index in [4.69, 9.17) is 5.73 Å². The molecule has 4 heteroatoms. The van der Waals surface area contributed by atoms with Gasteiger partial charge in [-0.1, -0.05) is 12.8 Å². The normalized spacial score (nSPS) is 21.8. The first-order valence-corrected chi connectivity index (χ1v) is 6.58. The molecule has 0 bridgehead atoms. The summed E-state index contributed by atoms with van der Waals surface area (Å²) in [5, 5.41) is 3.11. The number of hydrogen-bond acceptors (Lipinski definition) is 2. The summed E-state index contributed by atoms with van der Waals surface area (Å²) in [7, 11) is 0. The van der Waals surface area contributed by atoms with Crippen LogP contribution in [-0.4, -0.2) is 36.1 Å². The van der Waals surface area contributed by atoms with Crippen molar-refractivity contribution in [3.63, 3.8) is 0 Å². The standard InChI is InChI=1S/C12H23N3O/c13-8-9-15(11-6-1-2-7-11)12(16)14-10-4-3-5-10/h10-11H,1-9,13H2,(H,14,16). The molecule has 16 heavy (non-hydrogen) atoms. The molecule has 0 heterocycles. The van der Waals surface area contributed by atoms with Crippen LogP contribution in [0.5, 0.6) is 0 Å². The highest BCUT2D eigenvalue weighted by molar-refractivity contribution is 5.75. The molecular formula is C12H23N3O. The summed E-state index contributed by atoms with van der Waals surface area (Å²) in [5.74, 6) is 0. The number of urea groups is 1. The lowest BCUT2D eigenvalue weighted by Crippen LogP contribution is -2.51. The Labute approximate surface area is 97.6 Å². The first-order chi connectivity index (χ1) is 7.81. The van der Waals surface area contributed by atoms with Gasteiger partial charge in [0.05, 0.1) is 0 Å². The summed E-state index contributed by atoms with van der Waals surface area (Å²) in [6.45, 7) is 1.26. The van der Waals surface area contributed by atoms with E-state index in [0.29, 0.717) is 25.2 Å². The fraction of sp³-hybridized carbons (Fsp3) is 0.917. The van der Waals surface area contributed by atoms with Gasteiger partial charge in [0.2, 0.25) is 0 Å². The zero-order chi connectivity index (χ0) is 11.4. The van der Waals surface area contributed by atoms with Gasteiger partial charge in [-0.05, 0) is 32.1 Å². The van der Waals surface area contributed by atoms with Crippen molar-refractivity contribution in [2.45, 2.75) is 57.0 Å². The Morgan fingerprint density at radius 1 is 1.19 bits per heavy atom. The van der Waals surface area contributed by atoms with Crippen LogP contribution in [0.3, 0.4) is 0 Å². The number of carbonyl (C=O) groups excluding carboxylic acids is 1. The molecule has 0 saturated heterocycles. The minimum absolute atomic E-state index is 0.113. The monoisotopic (exact) mass is 225 g/mol. The van der Waals surface area contributed by atoms with E-state index < -0.39 is 0 Å². The van der Waals surface area contributed by atoms with E-state index in [2.05, 4.69) is 5.32 Å². The highest BCUT2D eigenvalue weighted by Gasteiger charge is 2.28. The maximum Gasteiger partial charge on any atom is 0.317 e. The molecule has 0 aromatic rings. The van der Waals surface area contributed by atoms with Gasteiger partial charge in [-0.2, -0.15) is 0 Å². The van der Waals surface area contributed by atoms with Crippen LogP contribution >= 0.6 is 0 Å². The molecular weight excluding hydrogens is 202 g/mol. The largest absolute Gasteiger partial charge is 0.335 e. The van der Waals surface area contributed by atoms with E-state index >= 15 is 0 Å². The zero-order valence-electron chi connectivity index (χ0n) is 9.95. The first-order valence-electron chi connectivity index (χ1n) is 6.58. The number of nitrogens with zero attached hydrogens (tertiary/aromatic N) is 1. The van der Waals surface area contributed by atoms with Crippen LogP contribution < -0.4 is 11.1 Å². The fourth-order valence-electron chi connectivity index (χ4n) is 2.62. The van der Waals surface area contributed by atoms with Crippen molar-refractivity contribution in [2.24, 2.45) is 5.73 Å². The molecule has 2 amide bonds. The van der Waals surface area contributed by atoms with Crippen LogP contribution in [0, 0.1) is 0 Å². The van der Waals surface area contributed by atoms with Crippen LogP contribution in [0.25, 0.3) is 0 Å². The van der Waals surface area contributed by atoms with Crippen molar-refractivity contribution in [3.8, 4) is 0 Å². The van der Waals surface area contributed by atoms with Crippen molar-refractivity contribution in [1.29, 1.82) is 0 Å². The number of nitrogens with two attached hydrogens (primary N) is 1. The maximum absolute atomic E-state index is 12.1. The van der Waals surface area contributed by atoms with Gasteiger partial charge < -0.3 is 16.0 Å². The molecule has 2 saturated carbocycles.